The lowest BCUT2D eigenvalue weighted by molar-refractivity contribution is -0.386. The van der Waals surface area contributed by atoms with E-state index in [0.29, 0.717) is 6.54 Å². The van der Waals surface area contributed by atoms with Crippen LogP contribution in [0.5, 0.6) is 5.88 Å². The van der Waals surface area contributed by atoms with Gasteiger partial charge >= 0.3 is 11.6 Å². The highest BCUT2D eigenvalue weighted by Crippen LogP contribution is 2.27. The second-order valence-corrected chi connectivity index (χ2v) is 5.01. The summed E-state index contributed by atoms with van der Waals surface area (Å²) in [6, 6.07) is 0. The minimum absolute atomic E-state index is 0.158. The van der Waals surface area contributed by atoms with Gasteiger partial charge in [0.15, 0.2) is 0 Å². The number of nitrogens with zero attached hydrogens (tertiary/aromatic N) is 4. The molecule has 0 aromatic carbocycles. The number of rotatable bonds is 6. The van der Waals surface area contributed by atoms with Gasteiger partial charge in [-0.1, -0.05) is 0 Å². The molecule has 1 amide bonds. The van der Waals surface area contributed by atoms with E-state index in [0.717, 1.165) is 10.2 Å². The molecule has 0 saturated heterocycles. The zero-order valence-corrected chi connectivity index (χ0v) is 13.4. The minimum Gasteiger partial charge on any atom is -0.475 e. The van der Waals surface area contributed by atoms with Crippen molar-refractivity contribution < 1.29 is 14.5 Å². The van der Waals surface area contributed by atoms with Crippen LogP contribution in [0.4, 0.5) is 5.69 Å². The molecule has 2 N–H and O–H groups in total. The number of halogens is 1. The Morgan fingerprint density at radius 2 is 2.36 bits per heavy atom. The van der Waals surface area contributed by atoms with Gasteiger partial charge in [0.2, 0.25) is 5.69 Å². The smallest absolute Gasteiger partial charge is 0.362 e. The number of H-pyrrole nitrogens is 1. The zero-order chi connectivity index (χ0) is 16.3. The van der Waals surface area contributed by atoms with Crippen LogP contribution in [0, 0.1) is 10.1 Å². The Kier molecular flexibility index (Phi) is 4.75. The highest BCUT2D eigenvalue weighted by molar-refractivity contribution is 9.10. The first-order valence-corrected chi connectivity index (χ1v) is 7.04. The maximum atomic E-state index is 12.1. The molecule has 22 heavy (non-hydrogen) atoms. The van der Waals surface area contributed by atoms with Gasteiger partial charge in [0.1, 0.15) is 0 Å². The molecule has 10 nitrogen and oxygen atoms in total. The molecule has 11 heteroatoms. The van der Waals surface area contributed by atoms with Crippen molar-refractivity contribution in [3.8, 4) is 5.88 Å². The van der Waals surface area contributed by atoms with Crippen LogP contribution in [-0.2, 0) is 13.1 Å². The predicted molar refractivity (Wildman–Crippen MR) is 78.6 cm³/mol. The molecular formula is C11H13BrN6O4. The average Bonchev–Trinajstić information content (AvgIpc) is 3.08. The van der Waals surface area contributed by atoms with Gasteiger partial charge in [-0.05, 0) is 22.9 Å². The van der Waals surface area contributed by atoms with Crippen LogP contribution in [0.1, 0.15) is 23.1 Å². The van der Waals surface area contributed by atoms with Crippen molar-refractivity contribution in [1.29, 1.82) is 0 Å². The number of nitrogens with one attached hydrogen (secondary N) is 2. The molecule has 0 aliphatic heterocycles. The summed E-state index contributed by atoms with van der Waals surface area (Å²) in [7, 11) is 1.24. The molecule has 2 aromatic heterocycles. The van der Waals surface area contributed by atoms with E-state index < -0.39 is 16.5 Å². The van der Waals surface area contributed by atoms with Crippen LogP contribution in [0.3, 0.4) is 0 Å². The molecule has 0 atom stereocenters. The van der Waals surface area contributed by atoms with E-state index in [9.17, 15) is 14.9 Å². The number of hydrogen-bond donors (Lipinski definition) is 2. The Morgan fingerprint density at radius 3 is 2.95 bits per heavy atom. The average molecular weight is 373 g/mol. The second kappa shape index (κ2) is 6.56. The molecule has 2 rings (SSSR count). The third-order valence-corrected chi connectivity index (χ3v) is 3.59. The molecule has 2 aromatic rings. The van der Waals surface area contributed by atoms with Crippen molar-refractivity contribution >= 4 is 27.5 Å². The Labute approximate surface area is 133 Å². The van der Waals surface area contributed by atoms with E-state index in [-0.39, 0.29) is 18.1 Å². The second-order valence-electron chi connectivity index (χ2n) is 4.15. The Bertz CT molecular complexity index is 710. The molecule has 0 saturated carbocycles. The third-order valence-electron chi connectivity index (χ3n) is 2.93. The number of amides is 1. The Balaban J connectivity index is 2.18. The molecule has 0 bridgehead atoms. The number of ether oxygens (including phenoxy) is 1. The summed E-state index contributed by atoms with van der Waals surface area (Å²) >= 11 is 3.33. The first-order chi connectivity index (χ1) is 10.5. The van der Waals surface area contributed by atoms with Crippen molar-refractivity contribution in [2.75, 3.05) is 7.11 Å². The Morgan fingerprint density at radius 1 is 1.64 bits per heavy atom. The number of aromatic amines is 1. The van der Waals surface area contributed by atoms with Crippen molar-refractivity contribution in [3.63, 3.8) is 0 Å². The summed E-state index contributed by atoms with van der Waals surface area (Å²) in [5, 5.41) is 23.6. The van der Waals surface area contributed by atoms with Gasteiger partial charge in [-0.15, -0.1) is 5.10 Å². The van der Waals surface area contributed by atoms with Gasteiger partial charge < -0.3 is 10.1 Å². The summed E-state index contributed by atoms with van der Waals surface area (Å²) in [5.74, 6) is -0.895. The van der Waals surface area contributed by atoms with Crippen molar-refractivity contribution in [2.24, 2.45) is 0 Å². The molecule has 0 radical (unpaired) electrons. The summed E-state index contributed by atoms with van der Waals surface area (Å²) < 4.78 is 7.20. The molecular weight excluding hydrogens is 360 g/mol. The minimum atomic E-state index is -0.719. The standard InChI is InChI=1S/C11H13BrN6O4/c1-3-17-7(6(12)4-14-17)5-13-10(19)8-9(18(20)21)11(22-2)16-15-8/h4H,3,5H2,1-2H3,(H,13,19)(H,15,16). The lowest BCUT2D eigenvalue weighted by Gasteiger charge is -2.06. The summed E-state index contributed by atoms with van der Waals surface area (Å²) in [5.41, 5.74) is -0.00594. The fourth-order valence-electron chi connectivity index (χ4n) is 1.88. The summed E-state index contributed by atoms with van der Waals surface area (Å²) in [6.07, 6.45) is 1.62. The van der Waals surface area contributed by atoms with Gasteiger partial charge in [0.25, 0.3) is 5.91 Å². The van der Waals surface area contributed by atoms with E-state index in [2.05, 4.69) is 36.5 Å². The number of nitro groups is 1. The molecule has 0 fully saturated rings. The molecule has 0 spiro atoms. The maximum Gasteiger partial charge on any atom is 0.362 e. The van der Waals surface area contributed by atoms with Crippen LogP contribution >= 0.6 is 15.9 Å². The normalized spacial score (nSPS) is 10.5. The summed E-state index contributed by atoms with van der Waals surface area (Å²) in [6.45, 7) is 2.70. The highest BCUT2D eigenvalue weighted by atomic mass is 79.9. The molecule has 118 valence electrons. The van der Waals surface area contributed by atoms with E-state index in [1.54, 1.807) is 10.9 Å². The van der Waals surface area contributed by atoms with Crippen molar-refractivity contribution in [2.45, 2.75) is 20.0 Å². The van der Waals surface area contributed by atoms with E-state index in [1.807, 2.05) is 6.92 Å². The highest BCUT2D eigenvalue weighted by Gasteiger charge is 2.30. The van der Waals surface area contributed by atoms with Gasteiger partial charge in [-0.3, -0.25) is 24.7 Å². The molecule has 2 heterocycles. The van der Waals surface area contributed by atoms with Gasteiger partial charge in [0.05, 0.1) is 34.9 Å². The number of carbonyl (C=O) groups is 1. The van der Waals surface area contributed by atoms with Crippen LogP contribution in [0.25, 0.3) is 0 Å². The Hall–Kier alpha value is -2.43. The van der Waals surface area contributed by atoms with Gasteiger partial charge in [0, 0.05) is 6.54 Å². The van der Waals surface area contributed by atoms with Gasteiger partial charge in [-0.2, -0.15) is 5.10 Å². The van der Waals surface area contributed by atoms with E-state index in [4.69, 9.17) is 4.74 Å². The number of aryl methyl sites for hydroxylation is 1. The van der Waals surface area contributed by atoms with E-state index >= 15 is 0 Å². The molecule has 0 unspecified atom stereocenters. The van der Waals surface area contributed by atoms with Crippen LogP contribution in [0.2, 0.25) is 0 Å². The third kappa shape index (κ3) is 2.93. The van der Waals surface area contributed by atoms with Crippen molar-refractivity contribution in [3.05, 3.63) is 32.2 Å². The largest absolute Gasteiger partial charge is 0.475 e. The number of hydrogen-bond acceptors (Lipinski definition) is 6. The summed E-state index contributed by atoms with van der Waals surface area (Å²) in [4.78, 5) is 22.4. The van der Waals surface area contributed by atoms with E-state index in [1.165, 1.54) is 7.11 Å². The van der Waals surface area contributed by atoms with Crippen molar-refractivity contribution in [1.82, 2.24) is 25.3 Å². The molecule has 0 aliphatic rings. The lowest BCUT2D eigenvalue weighted by Crippen LogP contribution is -2.25. The van der Waals surface area contributed by atoms with Crippen LogP contribution < -0.4 is 10.1 Å². The van der Waals surface area contributed by atoms with Crippen LogP contribution in [0.15, 0.2) is 10.7 Å². The fraction of sp³-hybridized carbons (Fsp3) is 0.364. The van der Waals surface area contributed by atoms with Crippen LogP contribution in [-0.4, -0.2) is 37.9 Å². The SMILES string of the molecule is CCn1ncc(Br)c1CNC(=O)c1[nH]nc(OC)c1[N+](=O)[O-]. The maximum absolute atomic E-state index is 12.1. The number of carbonyl (C=O) groups excluding carboxylic acids is 1. The van der Waals surface area contributed by atoms with Gasteiger partial charge in [-0.25, -0.2) is 0 Å². The monoisotopic (exact) mass is 372 g/mol. The fourth-order valence-corrected chi connectivity index (χ4v) is 2.31. The topological polar surface area (TPSA) is 128 Å². The zero-order valence-electron chi connectivity index (χ0n) is 11.8. The quantitative estimate of drug-likeness (QED) is 0.579. The first kappa shape index (κ1) is 15.9. The number of aromatic nitrogens is 4. The first-order valence-electron chi connectivity index (χ1n) is 6.24. The number of methoxy groups -OCH3 is 1. The lowest BCUT2D eigenvalue weighted by atomic mass is 10.3. The predicted octanol–water partition coefficient (Wildman–Crippen LogP) is 1.24. The molecule has 0 aliphatic carbocycles.